The van der Waals surface area contributed by atoms with Gasteiger partial charge in [-0.15, -0.1) is 0 Å². The van der Waals surface area contributed by atoms with Crippen molar-refractivity contribution in [3.05, 3.63) is 60.4 Å². The van der Waals surface area contributed by atoms with Gasteiger partial charge in [0.15, 0.2) is 5.79 Å². The Morgan fingerprint density at radius 3 is 1.60 bits per heavy atom. The van der Waals surface area contributed by atoms with Gasteiger partial charge in [0, 0.05) is 51.3 Å². The van der Waals surface area contributed by atoms with Crippen LogP contribution in [-0.4, -0.2) is 48.7 Å². The first kappa shape index (κ1) is 44.6. The fraction of sp³-hybridized carbons (Fsp3) is 0.771. The van der Waals surface area contributed by atoms with Gasteiger partial charge in [-0.2, -0.15) is 0 Å². The quantitative estimate of drug-likeness (QED) is 0.0500. The van der Waals surface area contributed by atoms with Crippen LogP contribution >= 0.6 is 0 Å². The van der Waals surface area contributed by atoms with Crippen molar-refractivity contribution in [1.82, 2.24) is 4.90 Å². The van der Waals surface area contributed by atoms with Crippen LogP contribution in [-0.2, 0) is 9.47 Å². The summed E-state index contributed by atoms with van der Waals surface area (Å²) in [5, 5.41) is 0. The zero-order valence-electron chi connectivity index (χ0n) is 34.3. The first-order chi connectivity index (χ1) is 25.7. The molecule has 0 aromatic heterocycles. The molecule has 0 unspecified atom stereocenters. The molecule has 2 atom stereocenters. The smallest absolute Gasteiger partial charge is 0.169 e. The predicted octanol–water partition coefficient (Wildman–Crippen LogP) is 14.3. The fourth-order valence-electron chi connectivity index (χ4n) is 7.96. The van der Waals surface area contributed by atoms with Gasteiger partial charge in [0.1, 0.15) is 0 Å². The molecule has 3 aliphatic rings. The molecule has 0 aliphatic carbocycles. The lowest BCUT2D eigenvalue weighted by molar-refractivity contribution is -0.185. The molecule has 3 aliphatic heterocycles. The Morgan fingerprint density at radius 1 is 0.615 bits per heavy atom. The van der Waals surface area contributed by atoms with Crippen LogP contribution in [0.1, 0.15) is 200 Å². The molecule has 4 nitrogen and oxygen atoms in total. The Kier molecular flexibility index (Phi) is 26.2. The SMILES string of the molecule is CCCCC/C=C\C/C=C\CCCCCCCCC1(CCCCCCCC/C=C\C/C=C\CCCCC)O[C@H]2CCN(CCC3=CN=CC3)C[C@H]2O1. The van der Waals surface area contributed by atoms with Gasteiger partial charge in [0.05, 0.1) is 12.2 Å². The minimum Gasteiger partial charge on any atom is -0.344 e. The third kappa shape index (κ3) is 21.2. The molecule has 0 amide bonds. The lowest BCUT2D eigenvalue weighted by Crippen LogP contribution is -2.45. The van der Waals surface area contributed by atoms with E-state index in [4.69, 9.17) is 9.47 Å². The van der Waals surface area contributed by atoms with Gasteiger partial charge in [-0.1, -0.05) is 140 Å². The van der Waals surface area contributed by atoms with Gasteiger partial charge in [-0.3, -0.25) is 4.99 Å². The molecule has 3 rings (SSSR count). The molecule has 52 heavy (non-hydrogen) atoms. The van der Waals surface area contributed by atoms with Crippen molar-refractivity contribution < 1.29 is 9.47 Å². The van der Waals surface area contributed by atoms with Gasteiger partial charge < -0.3 is 14.4 Å². The van der Waals surface area contributed by atoms with Crippen LogP contribution in [0.3, 0.4) is 0 Å². The second kappa shape index (κ2) is 30.6. The van der Waals surface area contributed by atoms with Crippen molar-refractivity contribution >= 4 is 6.21 Å². The van der Waals surface area contributed by atoms with E-state index in [2.05, 4.69) is 78.5 Å². The topological polar surface area (TPSA) is 34.1 Å². The number of hydrogen-bond donors (Lipinski definition) is 0. The van der Waals surface area contributed by atoms with Crippen molar-refractivity contribution in [3.63, 3.8) is 0 Å². The third-order valence-electron chi connectivity index (χ3n) is 11.3. The van der Waals surface area contributed by atoms with Gasteiger partial charge in [0.2, 0.25) is 0 Å². The summed E-state index contributed by atoms with van der Waals surface area (Å²) in [5.74, 6) is -0.350. The molecular formula is C48H82N2O2. The molecule has 0 radical (unpaired) electrons. The Balaban J connectivity index is 1.29. The van der Waals surface area contributed by atoms with E-state index in [-0.39, 0.29) is 18.0 Å². The minimum absolute atomic E-state index is 0.233. The maximum absolute atomic E-state index is 6.98. The number of hydrogen-bond acceptors (Lipinski definition) is 4. The average molecular weight is 719 g/mol. The number of aliphatic imine (C=N–C) groups is 1. The summed E-state index contributed by atoms with van der Waals surface area (Å²) in [6.45, 7) is 7.81. The second-order valence-electron chi connectivity index (χ2n) is 16.1. The first-order valence-electron chi connectivity index (χ1n) is 22.6. The van der Waals surface area contributed by atoms with Crippen molar-refractivity contribution in [2.75, 3.05) is 19.6 Å². The molecule has 3 heterocycles. The molecule has 2 saturated heterocycles. The normalized spacial score (nSPS) is 20.5. The number of allylic oxidation sites excluding steroid dienone is 8. The lowest BCUT2D eigenvalue weighted by Gasteiger charge is -2.32. The third-order valence-corrected chi connectivity index (χ3v) is 11.3. The molecular weight excluding hydrogens is 637 g/mol. The highest BCUT2D eigenvalue weighted by atomic mass is 16.8. The molecule has 0 N–H and O–H groups in total. The highest BCUT2D eigenvalue weighted by Crippen LogP contribution is 2.40. The van der Waals surface area contributed by atoms with Crippen molar-refractivity contribution in [2.24, 2.45) is 4.99 Å². The average Bonchev–Trinajstić information content (AvgIpc) is 3.81. The van der Waals surface area contributed by atoms with Crippen LogP contribution in [0.4, 0.5) is 0 Å². The number of rotatable bonds is 33. The fourth-order valence-corrected chi connectivity index (χ4v) is 7.96. The monoisotopic (exact) mass is 719 g/mol. The van der Waals surface area contributed by atoms with Crippen LogP contribution < -0.4 is 0 Å². The summed E-state index contributed by atoms with van der Waals surface area (Å²) in [6, 6.07) is 0. The van der Waals surface area contributed by atoms with E-state index in [0.29, 0.717) is 0 Å². The van der Waals surface area contributed by atoms with Gasteiger partial charge in [-0.05, 0) is 95.5 Å². The number of fused-ring (bicyclic) bond motifs is 1. The highest BCUT2D eigenvalue weighted by Gasteiger charge is 2.48. The van der Waals surface area contributed by atoms with E-state index >= 15 is 0 Å². The Morgan fingerprint density at radius 2 is 1.10 bits per heavy atom. The standard InChI is InChI=1S/C48H82N2O2/c1-3-5-7-9-11-13-15-17-19-21-23-25-27-29-31-33-38-48(39-34-32-30-28-26-24-22-20-18-16-14-12-10-8-6-4-2)51-46-37-42-50(44-47(46)52-48)41-36-45-35-40-49-43-45/h11-14,17-20,40,43,46-47H,3-10,15-16,21-39,41-42,44H2,1-2H3/b13-11-,14-12-,19-17-,20-18-/t46-,47+/m0/s1. The van der Waals surface area contributed by atoms with Crippen molar-refractivity contribution in [3.8, 4) is 0 Å². The number of unbranched alkanes of at least 4 members (excludes halogenated alkanes) is 18. The Hall–Kier alpha value is -1.75. The van der Waals surface area contributed by atoms with E-state index < -0.39 is 0 Å². The number of likely N-dealkylation sites (tertiary alicyclic amines) is 1. The molecule has 0 spiro atoms. The highest BCUT2D eigenvalue weighted by molar-refractivity contribution is 5.65. The molecule has 296 valence electrons. The summed E-state index contributed by atoms with van der Waals surface area (Å²) in [5.41, 5.74) is 1.47. The van der Waals surface area contributed by atoms with E-state index in [1.807, 2.05) is 6.21 Å². The van der Waals surface area contributed by atoms with Crippen LogP contribution in [0.25, 0.3) is 0 Å². The first-order valence-corrected chi connectivity index (χ1v) is 22.6. The second-order valence-corrected chi connectivity index (χ2v) is 16.1. The van der Waals surface area contributed by atoms with Crippen molar-refractivity contribution in [2.45, 2.75) is 218 Å². The van der Waals surface area contributed by atoms with Crippen LogP contribution in [0.2, 0.25) is 0 Å². The molecule has 4 heteroatoms. The lowest BCUT2D eigenvalue weighted by atomic mass is 9.98. The van der Waals surface area contributed by atoms with E-state index in [0.717, 1.165) is 64.6 Å². The zero-order valence-corrected chi connectivity index (χ0v) is 34.3. The largest absolute Gasteiger partial charge is 0.344 e. The van der Waals surface area contributed by atoms with E-state index in [1.54, 1.807) is 0 Å². The number of nitrogens with zero attached hydrogens (tertiary/aromatic N) is 2. The van der Waals surface area contributed by atoms with Gasteiger partial charge >= 0.3 is 0 Å². The predicted molar refractivity (Wildman–Crippen MR) is 227 cm³/mol. The summed E-state index contributed by atoms with van der Waals surface area (Å²) in [7, 11) is 0. The van der Waals surface area contributed by atoms with E-state index in [1.165, 1.54) is 147 Å². The maximum Gasteiger partial charge on any atom is 0.169 e. The molecule has 0 saturated carbocycles. The van der Waals surface area contributed by atoms with Crippen LogP contribution in [0, 0.1) is 0 Å². The summed E-state index contributed by atoms with van der Waals surface area (Å²) in [6.07, 6.45) is 59.8. The summed E-state index contributed by atoms with van der Waals surface area (Å²) < 4.78 is 13.9. The maximum atomic E-state index is 6.98. The zero-order chi connectivity index (χ0) is 36.6. The van der Waals surface area contributed by atoms with Crippen LogP contribution in [0.5, 0.6) is 0 Å². The minimum atomic E-state index is -0.350. The number of piperidine rings is 1. The van der Waals surface area contributed by atoms with Gasteiger partial charge in [0.25, 0.3) is 0 Å². The molecule has 0 bridgehead atoms. The molecule has 2 fully saturated rings. The Bertz CT molecular complexity index is 991. The molecule has 0 aromatic carbocycles. The summed E-state index contributed by atoms with van der Waals surface area (Å²) >= 11 is 0. The van der Waals surface area contributed by atoms with Crippen molar-refractivity contribution in [1.29, 1.82) is 0 Å². The molecule has 0 aromatic rings. The van der Waals surface area contributed by atoms with E-state index in [9.17, 15) is 0 Å². The number of ether oxygens (including phenoxy) is 2. The Labute approximate surface area is 322 Å². The van der Waals surface area contributed by atoms with Crippen LogP contribution in [0.15, 0.2) is 65.4 Å². The summed E-state index contributed by atoms with van der Waals surface area (Å²) in [4.78, 5) is 6.92. The van der Waals surface area contributed by atoms with Gasteiger partial charge in [-0.25, -0.2) is 0 Å².